The molecule has 1 aromatic carbocycles. The van der Waals surface area contributed by atoms with Crippen molar-refractivity contribution in [2.75, 3.05) is 12.9 Å². The molecule has 2 heterocycles. The molecule has 4 nitrogen and oxygen atoms in total. The quantitative estimate of drug-likeness (QED) is 0.866. The van der Waals surface area contributed by atoms with Crippen molar-refractivity contribution in [1.29, 1.82) is 0 Å². The van der Waals surface area contributed by atoms with Gasteiger partial charge in [-0.15, -0.1) is 11.8 Å². The van der Waals surface area contributed by atoms with E-state index < -0.39 is 0 Å². The molecule has 1 aliphatic rings. The maximum atomic E-state index is 12.0. The Morgan fingerprint density at radius 1 is 1.35 bits per heavy atom. The minimum Gasteiger partial charge on any atom is -0.469 e. The number of benzene rings is 1. The Labute approximate surface area is 124 Å². The fourth-order valence-electron chi connectivity index (χ4n) is 2.49. The van der Waals surface area contributed by atoms with Gasteiger partial charge in [0.15, 0.2) is 0 Å². The van der Waals surface area contributed by atoms with Crippen molar-refractivity contribution in [3.8, 4) is 0 Å². The largest absolute Gasteiger partial charge is 0.469 e. The number of rotatable bonds is 2. The van der Waals surface area contributed by atoms with Crippen LogP contribution in [0.3, 0.4) is 0 Å². The highest BCUT2D eigenvalue weighted by atomic mass is 32.2. The molecule has 1 aromatic heterocycles. The molecule has 20 heavy (non-hydrogen) atoms. The van der Waals surface area contributed by atoms with E-state index in [1.165, 1.54) is 30.2 Å². The van der Waals surface area contributed by atoms with E-state index >= 15 is 0 Å². The highest BCUT2D eigenvalue weighted by Gasteiger charge is 2.38. The molecular weight excluding hydrogens is 294 g/mol. The van der Waals surface area contributed by atoms with E-state index in [9.17, 15) is 9.59 Å². The number of thioether (sulfide) groups is 1. The van der Waals surface area contributed by atoms with Gasteiger partial charge in [-0.3, -0.25) is 9.59 Å². The number of thiazole rings is 1. The van der Waals surface area contributed by atoms with Crippen LogP contribution in [0.15, 0.2) is 40.2 Å². The molecule has 0 amide bonds. The van der Waals surface area contributed by atoms with Crippen LogP contribution in [-0.4, -0.2) is 23.8 Å². The van der Waals surface area contributed by atoms with Crippen LogP contribution in [0, 0.1) is 5.92 Å². The molecule has 0 saturated heterocycles. The lowest BCUT2D eigenvalue weighted by Crippen LogP contribution is -2.29. The first-order valence-electron chi connectivity index (χ1n) is 6.19. The van der Waals surface area contributed by atoms with Gasteiger partial charge in [0.25, 0.3) is 0 Å². The van der Waals surface area contributed by atoms with Gasteiger partial charge in [0.2, 0.25) is 0 Å². The van der Waals surface area contributed by atoms with Gasteiger partial charge in [-0.25, -0.2) is 0 Å². The third-order valence-electron chi connectivity index (χ3n) is 3.40. The molecule has 3 rings (SSSR count). The molecular formula is C14H13NO3S2. The number of esters is 1. The van der Waals surface area contributed by atoms with E-state index in [1.54, 1.807) is 0 Å². The van der Waals surface area contributed by atoms with Crippen LogP contribution >= 0.6 is 23.1 Å². The van der Waals surface area contributed by atoms with E-state index in [0.717, 1.165) is 15.5 Å². The second-order valence-electron chi connectivity index (χ2n) is 4.54. The highest BCUT2D eigenvalue weighted by Crippen LogP contribution is 2.45. The monoisotopic (exact) mass is 307 g/mol. The van der Waals surface area contributed by atoms with Gasteiger partial charge in [-0.05, 0) is 5.56 Å². The molecule has 0 aliphatic carbocycles. The Hall–Kier alpha value is -1.53. The maximum Gasteiger partial charge on any atom is 0.310 e. The Balaban J connectivity index is 2.12. The Morgan fingerprint density at radius 2 is 2.10 bits per heavy atom. The average molecular weight is 307 g/mol. The number of H-pyrrole nitrogens is 1. The molecule has 6 heteroatoms. The van der Waals surface area contributed by atoms with Crippen LogP contribution in [0.2, 0.25) is 0 Å². The van der Waals surface area contributed by atoms with Gasteiger partial charge < -0.3 is 9.72 Å². The summed E-state index contributed by atoms with van der Waals surface area (Å²) in [5.41, 5.74) is 1.04. The van der Waals surface area contributed by atoms with E-state index in [1.807, 2.05) is 30.3 Å². The van der Waals surface area contributed by atoms with Gasteiger partial charge >= 0.3 is 10.8 Å². The molecule has 0 spiro atoms. The Morgan fingerprint density at radius 3 is 2.80 bits per heavy atom. The van der Waals surface area contributed by atoms with Gasteiger partial charge in [0.05, 0.1) is 18.1 Å². The summed E-state index contributed by atoms with van der Waals surface area (Å²) in [6, 6.07) is 9.81. The number of carbonyl (C=O) groups is 1. The van der Waals surface area contributed by atoms with Crippen LogP contribution in [0.4, 0.5) is 0 Å². The Kier molecular flexibility index (Phi) is 3.67. The number of aromatic nitrogens is 1. The zero-order valence-electron chi connectivity index (χ0n) is 10.8. The Bertz CT molecular complexity index is 677. The highest BCUT2D eigenvalue weighted by molar-refractivity contribution is 7.99. The number of nitrogens with one attached hydrogen (secondary N) is 1. The molecule has 0 radical (unpaired) electrons. The third kappa shape index (κ3) is 2.29. The number of hydrogen-bond acceptors (Lipinski definition) is 5. The lowest BCUT2D eigenvalue weighted by Gasteiger charge is -2.28. The average Bonchev–Trinajstić information content (AvgIpc) is 2.86. The molecule has 104 valence electrons. The van der Waals surface area contributed by atoms with Crippen molar-refractivity contribution >= 4 is 29.1 Å². The predicted molar refractivity (Wildman–Crippen MR) is 79.5 cm³/mol. The molecule has 2 atom stereocenters. The van der Waals surface area contributed by atoms with Crippen LogP contribution < -0.4 is 4.87 Å². The second kappa shape index (κ2) is 5.46. The summed E-state index contributed by atoms with van der Waals surface area (Å²) in [5.74, 6) is 0.0272. The zero-order valence-corrected chi connectivity index (χ0v) is 12.4. The molecule has 1 N–H and O–H groups in total. The smallest absolute Gasteiger partial charge is 0.310 e. The van der Waals surface area contributed by atoms with E-state index in [-0.39, 0.29) is 22.7 Å². The summed E-state index contributed by atoms with van der Waals surface area (Å²) in [4.78, 5) is 27.4. The van der Waals surface area contributed by atoms with Crippen molar-refractivity contribution in [2.24, 2.45) is 5.92 Å². The van der Waals surface area contributed by atoms with Crippen molar-refractivity contribution in [3.63, 3.8) is 0 Å². The predicted octanol–water partition coefficient (Wildman–Crippen LogP) is 2.46. The summed E-state index contributed by atoms with van der Waals surface area (Å²) in [5, 5.41) is 0.883. The molecule has 0 saturated carbocycles. The van der Waals surface area contributed by atoms with Crippen LogP contribution in [-0.2, 0) is 9.53 Å². The SMILES string of the molecule is COC(=O)[C@H]1CSc2[nH]c(=O)sc2[C@@H]1c1ccccc1. The number of carbonyl (C=O) groups excluding carboxylic acids is 1. The number of hydrogen-bond donors (Lipinski definition) is 1. The summed E-state index contributed by atoms with van der Waals surface area (Å²) >= 11 is 2.70. The van der Waals surface area contributed by atoms with E-state index in [4.69, 9.17) is 4.74 Å². The first-order valence-corrected chi connectivity index (χ1v) is 7.99. The van der Waals surface area contributed by atoms with Crippen molar-refractivity contribution < 1.29 is 9.53 Å². The van der Waals surface area contributed by atoms with Gasteiger partial charge in [-0.2, -0.15) is 0 Å². The first kappa shape index (κ1) is 13.5. The number of fused-ring (bicyclic) bond motifs is 1. The first-order chi connectivity index (χ1) is 9.70. The number of aromatic amines is 1. The van der Waals surface area contributed by atoms with E-state index in [0.29, 0.717) is 5.75 Å². The number of ether oxygens (including phenoxy) is 1. The van der Waals surface area contributed by atoms with Crippen molar-refractivity contribution in [2.45, 2.75) is 10.9 Å². The van der Waals surface area contributed by atoms with Crippen LogP contribution in [0.5, 0.6) is 0 Å². The van der Waals surface area contributed by atoms with Gasteiger partial charge in [0, 0.05) is 16.5 Å². The molecule has 0 unspecified atom stereocenters. The lowest BCUT2D eigenvalue weighted by molar-refractivity contribution is -0.145. The third-order valence-corrected chi connectivity index (χ3v) is 5.63. The lowest BCUT2D eigenvalue weighted by atomic mass is 9.86. The fourth-order valence-corrected chi connectivity index (χ4v) is 4.89. The summed E-state index contributed by atoms with van der Waals surface area (Å²) in [6.45, 7) is 0. The minimum atomic E-state index is -0.258. The van der Waals surface area contributed by atoms with Gasteiger partial charge in [-0.1, -0.05) is 41.7 Å². The van der Waals surface area contributed by atoms with Crippen molar-refractivity contribution in [1.82, 2.24) is 4.98 Å². The maximum absolute atomic E-state index is 12.0. The summed E-state index contributed by atoms with van der Waals surface area (Å²) < 4.78 is 4.93. The molecule has 2 aromatic rings. The van der Waals surface area contributed by atoms with Gasteiger partial charge in [0.1, 0.15) is 0 Å². The molecule has 0 bridgehead atoms. The minimum absolute atomic E-state index is 0.0750. The summed E-state index contributed by atoms with van der Waals surface area (Å²) in [6.07, 6.45) is 0. The summed E-state index contributed by atoms with van der Waals surface area (Å²) in [7, 11) is 1.41. The fraction of sp³-hybridized carbons (Fsp3) is 0.286. The van der Waals surface area contributed by atoms with Crippen LogP contribution in [0.1, 0.15) is 16.4 Å². The second-order valence-corrected chi connectivity index (χ2v) is 6.58. The standard InChI is InChI=1S/C14H13NO3S2/c1-18-13(16)9-7-19-12-11(20-14(17)15-12)10(9)8-5-3-2-4-6-8/h2-6,9-10H,7H2,1H3,(H,15,17)/t9-,10+/m0/s1. The molecule has 0 fully saturated rings. The zero-order chi connectivity index (χ0) is 14.1. The van der Waals surface area contributed by atoms with E-state index in [2.05, 4.69) is 4.98 Å². The normalized spacial score (nSPS) is 21.2. The van der Waals surface area contributed by atoms with Crippen molar-refractivity contribution in [3.05, 3.63) is 50.4 Å². The molecule has 1 aliphatic heterocycles. The topological polar surface area (TPSA) is 59.2 Å². The van der Waals surface area contributed by atoms with Crippen LogP contribution in [0.25, 0.3) is 0 Å². The number of methoxy groups -OCH3 is 1.